The highest BCUT2D eigenvalue weighted by Crippen LogP contribution is 2.42. The molecule has 0 bridgehead atoms. The third-order valence-electron chi connectivity index (χ3n) is 5.50. The van der Waals surface area contributed by atoms with Crippen LogP contribution in [0.5, 0.6) is 17.2 Å². The summed E-state index contributed by atoms with van der Waals surface area (Å²) in [5, 5.41) is 0.954. The molecule has 0 unspecified atom stereocenters. The fraction of sp³-hybridized carbons (Fsp3) is 0.192. The fourth-order valence-electron chi connectivity index (χ4n) is 4.02. The van der Waals surface area contributed by atoms with Crippen molar-refractivity contribution in [1.82, 2.24) is 14.4 Å². The SMILES string of the molecule is CCOC(=O)COc1c(OC)cc(-c2nc3ccccc3c3nc4ccccc4n23)cc1OC. The van der Waals surface area contributed by atoms with Crippen molar-refractivity contribution >= 4 is 33.6 Å². The molecule has 172 valence electrons. The molecular formula is C26H23N3O5. The van der Waals surface area contributed by atoms with E-state index in [9.17, 15) is 4.79 Å². The van der Waals surface area contributed by atoms with Crippen LogP contribution >= 0.6 is 0 Å². The van der Waals surface area contributed by atoms with E-state index in [2.05, 4.69) is 0 Å². The Morgan fingerprint density at radius 3 is 2.29 bits per heavy atom. The number of rotatable bonds is 7. The number of methoxy groups -OCH3 is 2. The lowest BCUT2D eigenvalue weighted by Gasteiger charge is -2.16. The molecule has 8 nitrogen and oxygen atoms in total. The summed E-state index contributed by atoms with van der Waals surface area (Å²) in [6.07, 6.45) is 0. The van der Waals surface area contributed by atoms with Crippen LogP contribution < -0.4 is 14.2 Å². The first-order valence-electron chi connectivity index (χ1n) is 10.8. The Morgan fingerprint density at radius 1 is 0.912 bits per heavy atom. The normalized spacial score (nSPS) is 11.1. The van der Waals surface area contributed by atoms with E-state index in [-0.39, 0.29) is 13.2 Å². The lowest BCUT2D eigenvalue weighted by Crippen LogP contribution is -2.15. The number of esters is 1. The fourth-order valence-corrected chi connectivity index (χ4v) is 4.02. The van der Waals surface area contributed by atoms with Gasteiger partial charge in [0.25, 0.3) is 0 Å². The van der Waals surface area contributed by atoms with Gasteiger partial charge in [0.05, 0.1) is 37.4 Å². The molecule has 5 rings (SSSR count). The molecule has 3 aromatic carbocycles. The van der Waals surface area contributed by atoms with Gasteiger partial charge in [0.15, 0.2) is 18.1 Å². The number of para-hydroxylation sites is 3. The monoisotopic (exact) mass is 457 g/mol. The quantitative estimate of drug-likeness (QED) is 0.329. The Kier molecular flexibility index (Phi) is 5.63. The largest absolute Gasteiger partial charge is 0.493 e. The van der Waals surface area contributed by atoms with E-state index in [1.165, 1.54) is 14.2 Å². The molecule has 0 aliphatic heterocycles. The number of fused-ring (bicyclic) bond motifs is 5. The number of ether oxygens (including phenoxy) is 4. The molecule has 2 aromatic heterocycles. The van der Waals surface area contributed by atoms with Crippen molar-refractivity contribution in [1.29, 1.82) is 0 Å². The lowest BCUT2D eigenvalue weighted by atomic mass is 10.1. The number of hydrogen-bond acceptors (Lipinski definition) is 7. The molecule has 0 radical (unpaired) electrons. The highest BCUT2D eigenvalue weighted by molar-refractivity contribution is 5.98. The van der Waals surface area contributed by atoms with Crippen LogP contribution in [0.3, 0.4) is 0 Å². The molecule has 0 fully saturated rings. The van der Waals surface area contributed by atoms with Crippen LogP contribution in [0.1, 0.15) is 6.92 Å². The second-order valence-electron chi connectivity index (χ2n) is 7.52. The number of benzene rings is 3. The van der Waals surface area contributed by atoms with Gasteiger partial charge >= 0.3 is 5.97 Å². The molecular weight excluding hydrogens is 434 g/mol. The Labute approximate surface area is 195 Å². The van der Waals surface area contributed by atoms with Gasteiger partial charge in [-0.15, -0.1) is 0 Å². The second-order valence-corrected chi connectivity index (χ2v) is 7.52. The average Bonchev–Trinajstić information content (AvgIpc) is 3.26. The zero-order valence-corrected chi connectivity index (χ0v) is 19.1. The summed E-state index contributed by atoms with van der Waals surface area (Å²) in [6, 6.07) is 19.5. The van der Waals surface area contributed by atoms with Crippen molar-refractivity contribution in [2.75, 3.05) is 27.4 Å². The van der Waals surface area contributed by atoms with Crippen LogP contribution in [0.25, 0.3) is 39.0 Å². The van der Waals surface area contributed by atoms with Crippen molar-refractivity contribution in [2.45, 2.75) is 6.92 Å². The van der Waals surface area contributed by atoms with Crippen LogP contribution in [0.2, 0.25) is 0 Å². The van der Waals surface area contributed by atoms with E-state index < -0.39 is 5.97 Å². The number of nitrogens with zero attached hydrogens (tertiary/aromatic N) is 3. The van der Waals surface area contributed by atoms with E-state index >= 15 is 0 Å². The van der Waals surface area contributed by atoms with Crippen LogP contribution in [-0.4, -0.2) is 47.8 Å². The summed E-state index contributed by atoms with van der Waals surface area (Å²) in [5.74, 6) is 1.33. The van der Waals surface area contributed by atoms with Crippen molar-refractivity contribution in [3.8, 4) is 28.6 Å². The van der Waals surface area contributed by atoms with Gasteiger partial charge in [0.1, 0.15) is 11.5 Å². The number of aromatic nitrogens is 3. The summed E-state index contributed by atoms with van der Waals surface area (Å²) in [4.78, 5) is 21.7. The van der Waals surface area contributed by atoms with E-state index in [0.29, 0.717) is 23.1 Å². The smallest absolute Gasteiger partial charge is 0.344 e. The van der Waals surface area contributed by atoms with E-state index in [4.69, 9.17) is 28.9 Å². The van der Waals surface area contributed by atoms with Gasteiger partial charge in [0.2, 0.25) is 5.75 Å². The minimum atomic E-state index is -0.474. The topological polar surface area (TPSA) is 84.2 Å². The maximum absolute atomic E-state index is 11.8. The number of imidazole rings is 1. The number of carbonyl (C=O) groups excluding carboxylic acids is 1. The predicted octanol–water partition coefficient (Wildman–Crippen LogP) is 4.66. The maximum atomic E-state index is 11.8. The molecule has 0 saturated carbocycles. The Morgan fingerprint density at radius 2 is 1.59 bits per heavy atom. The second kappa shape index (κ2) is 8.90. The van der Waals surface area contributed by atoms with E-state index in [1.54, 1.807) is 6.92 Å². The Balaban J connectivity index is 1.73. The molecule has 34 heavy (non-hydrogen) atoms. The molecule has 2 heterocycles. The first-order valence-corrected chi connectivity index (χ1v) is 10.8. The van der Waals surface area contributed by atoms with Crippen molar-refractivity contribution in [3.63, 3.8) is 0 Å². The molecule has 0 amide bonds. The summed E-state index contributed by atoms with van der Waals surface area (Å²) in [6.45, 7) is 1.76. The molecule has 0 atom stereocenters. The van der Waals surface area contributed by atoms with Crippen LogP contribution in [0.4, 0.5) is 0 Å². The summed E-state index contributed by atoms with van der Waals surface area (Å²) < 4.78 is 23.9. The van der Waals surface area contributed by atoms with Crippen LogP contribution in [-0.2, 0) is 9.53 Å². The molecule has 0 saturated heterocycles. The zero-order valence-electron chi connectivity index (χ0n) is 19.1. The molecule has 0 aliphatic rings. The highest BCUT2D eigenvalue weighted by Gasteiger charge is 2.21. The van der Waals surface area contributed by atoms with Gasteiger partial charge < -0.3 is 18.9 Å². The van der Waals surface area contributed by atoms with Gasteiger partial charge in [0, 0.05) is 10.9 Å². The third-order valence-corrected chi connectivity index (χ3v) is 5.50. The van der Waals surface area contributed by atoms with E-state index in [1.807, 2.05) is 65.1 Å². The summed E-state index contributed by atoms with van der Waals surface area (Å²) in [5.41, 5.74) is 4.18. The molecule has 0 spiro atoms. The first-order chi connectivity index (χ1) is 16.6. The van der Waals surface area contributed by atoms with Gasteiger partial charge in [-0.2, -0.15) is 0 Å². The molecule has 0 aliphatic carbocycles. The lowest BCUT2D eigenvalue weighted by molar-refractivity contribution is -0.145. The maximum Gasteiger partial charge on any atom is 0.344 e. The van der Waals surface area contributed by atoms with E-state index in [0.717, 1.165) is 33.1 Å². The van der Waals surface area contributed by atoms with Gasteiger partial charge in [-0.3, -0.25) is 4.40 Å². The summed E-state index contributed by atoms with van der Waals surface area (Å²) >= 11 is 0. The van der Waals surface area contributed by atoms with Crippen molar-refractivity contribution < 1.29 is 23.7 Å². The highest BCUT2D eigenvalue weighted by atomic mass is 16.6. The number of hydrogen-bond donors (Lipinski definition) is 0. The van der Waals surface area contributed by atoms with Gasteiger partial charge in [-0.05, 0) is 43.3 Å². The minimum Gasteiger partial charge on any atom is -0.493 e. The molecule has 5 aromatic rings. The Hall–Kier alpha value is -4.33. The third kappa shape index (κ3) is 3.63. The standard InChI is InChI=1S/C26H23N3O5/c1-4-33-23(30)15-34-24-21(31-2)13-16(14-22(24)32-3)25-27-18-10-6-5-9-17(18)26-28-19-11-7-8-12-20(19)29(25)26/h5-14H,4,15H2,1-3H3. The molecule has 0 N–H and O–H groups in total. The van der Waals surface area contributed by atoms with Gasteiger partial charge in [-0.25, -0.2) is 14.8 Å². The first kappa shape index (κ1) is 21.5. The average molecular weight is 457 g/mol. The Bertz CT molecular complexity index is 1500. The van der Waals surface area contributed by atoms with Crippen molar-refractivity contribution in [3.05, 3.63) is 60.7 Å². The van der Waals surface area contributed by atoms with Crippen LogP contribution in [0, 0.1) is 0 Å². The van der Waals surface area contributed by atoms with Gasteiger partial charge in [-0.1, -0.05) is 24.3 Å². The van der Waals surface area contributed by atoms with Crippen molar-refractivity contribution in [2.24, 2.45) is 0 Å². The predicted molar refractivity (Wildman–Crippen MR) is 129 cm³/mol. The van der Waals surface area contributed by atoms with Crippen LogP contribution in [0.15, 0.2) is 60.7 Å². The zero-order chi connectivity index (χ0) is 23.7. The molecule has 8 heteroatoms. The number of carbonyl (C=O) groups is 1. The summed E-state index contributed by atoms with van der Waals surface area (Å²) in [7, 11) is 3.07. The minimum absolute atomic E-state index is 0.259.